The molecule has 1 aliphatic heterocycles. The van der Waals surface area contributed by atoms with E-state index in [4.69, 9.17) is 9.15 Å². The number of rotatable bonds is 1. The van der Waals surface area contributed by atoms with Crippen LogP contribution >= 0.6 is 31.9 Å². The maximum Gasteiger partial charge on any atom is 0.257 e. The van der Waals surface area contributed by atoms with Crippen LogP contribution in [0.15, 0.2) is 24.4 Å². The Bertz CT molecular complexity index is 643. The smallest absolute Gasteiger partial charge is 0.257 e. The summed E-state index contributed by atoms with van der Waals surface area (Å²) in [5.41, 5.74) is 1.22. The highest BCUT2D eigenvalue weighted by Gasteiger charge is 2.18. The number of hydrogen-bond acceptors (Lipinski definition) is 4. The first-order valence-electron chi connectivity index (χ1n) is 5.30. The number of nitrogens with zero attached hydrogens (tertiary/aromatic N) is 1. The Labute approximate surface area is 119 Å². The first kappa shape index (κ1) is 12.1. The van der Waals surface area contributed by atoms with Crippen LogP contribution in [0, 0.1) is 0 Å². The van der Waals surface area contributed by atoms with E-state index in [1.54, 1.807) is 6.07 Å². The van der Waals surface area contributed by atoms with Gasteiger partial charge in [0.25, 0.3) is 5.56 Å². The van der Waals surface area contributed by atoms with Crippen molar-refractivity contribution >= 4 is 31.9 Å². The predicted octanol–water partition coefficient (Wildman–Crippen LogP) is 2.63. The molecule has 18 heavy (non-hydrogen) atoms. The number of H-pyrrole nitrogens is 1. The van der Waals surface area contributed by atoms with Gasteiger partial charge in [0, 0.05) is 12.5 Å². The van der Waals surface area contributed by atoms with Gasteiger partial charge in [0.15, 0.2) is 16.3 Å². The van der Waals surface area contributed by atoms with E-state index in [1.165, 1.54) is 0 Å². The van der Waals surface area contributed by atoms with Crippen LogP contribution in [-0.4, -0.2) is 16.6 Å². The second-order valence-electron chi connectivity index (χ2n) is 3.87. The lowest BCUT2D eigenvalue weighted by atomic mass is 10.1. The molecule has 3 heterocycles. The maximum atomic E-state index is 11.9. The lowest BCUT2D eigenvalue weighted by Crippen LogP contribution is -2.24. The first-order chi connectivity index (χ1) is 8.65. The van der Waals surface area contributed by atoms with Gasteiger partial charge in [-0.2, -0.15) is 0 Å². The molecule has 0 radical (unpaired) electrons. The lowest BCUT2D eigenvalue weighted by Gasteiger charge is -2.14. The predicted molar refractivity (Wildman–Crippen MR) is 71.3 cm³/mol. The summed E-state index contributed by atoms with van der Waals surface area (Å²) in [5.74, 6) is 0.951. The monoisotopic (exact) mass is 374 g/mol. The lowest BCUT2D eigenvalue weighted by molar-refractivity contribution is 0.108. The van der Waals surface area contributed by atoms with Crippen molar-refractivity contribution in [3.8, 4) is 11.6 Å². The summed E-state index contributed by atoms with van der Waals surface area (Å²) < 4.78 is 12.0. The van der Waals surface area contributed by atoms with Crippen molar-refractivity contribution in [1.82, 2.24) is 9.97 Å². The van der Waals surface area contributed by atoms with Crippen LogP contribution in [0.3, 0.4) is 0 Å². The third-order valence-electron chi connectivity index (χ3n) is 2.71. The molecule has 0 fully saturated rings. The number of halogens is 2. The van der Waals surface area contributed by atoms with E-state index >= 15 is 0 Å². The van der Waals surface area contributed by atoms with Gasteiger partial charge in [-0.15, -0.1) is 0 Å². The summed E-state index contributed by atoms with van der Waals surface area (Å²) in [4.78, 5) is 19.0. The molecular formula is C11H8Br2N2O3. The molecule has 7 heteroatoms. The summed E-state index contributed by atoms with van der Waals surface area (Å²) in [6.07, 6.45) is 0.648. The van der Waals surface area contributed by atoms with Crippen molar-refractivity contribution in [3.63, 3.8) is 0 Å². The number of hydrogen-bond donors (Lipinski definition) is 1. The van der Waals surface area contributed by atoms with Crippen LogP contribution in [0.1, 0.15) is 11.3 Å². The van der Waals surface area contributed by atoms with Crippen LogP contribution in [0.5, 0.6) is 0 Å². The molecule has 1 N–H and O–H groups in total. The van der Waals surface area contributed by atoms with Crippen LogP contribution < -0.4 is 5.56 Å². The van der Waals surface area contributed by atoms with Crippen LogP contribution in [-0.2, 0) is 17.8 Å². The minimum Gasteiger partial charge on any atom is -0.445 e. The third kappa shape index (κ3) is 2.06. The second-order valence-corrected chi connectivity index (χ2v) is 5.45. The highest BCUT2D eigenvalue weighted by Crippen LogP contribution is 2.31. The Kier molecular flexibility index (Phi) is 3.13. The highest BCUT2D eigenvalue weighted by molar-refractivity contribution is 9.13. The fourth-order valence-corrected chi connectivity index (χ4v) is 2.40. The quantitative estimate of drug-likeness (QED) is 0.831. The molecule has 0 bridgehead atoms. The Morgan fingerprint density at radius 1 is 1.39 bits per heavy atom. The van der Waals surface area contributed by atoms with Crippen molar-refractivity contribution in [1.29, 1.82) is 0 Å². The van der Waals surface area contributed by atoms with Gasteiger partial charge in [-0.1, -0.05) is 0 Å². The number of fused-ring (bicyclic) bond motifs is 1. The molecular weight excluding hydrogens is 368 g/mol. The molecule has 94 valence electrons. The van der Waals surface area contributed by atoms with Gasteiger partial charge in [0.1, 0.15) is 0 Å². The summed E-state index contributed by atoms with van der Waals surface area (Å²) in [6, 6.07) is 1.76. The average molecular weight is 376 g/mol. The van der Waals surface area contributed by atoms with Crippen molar-refractivity contribution in [2.75, 3.05) is 6.61 Å². The van der Waals surface area contributed by atoms with E-state index in [0.29, 0.717) is 41.5 Å². The number of aromatic nitrogens is 2. The van der Waals surface area contributed by atoms with E-state index < -0.39 is 0 Å². The van der Waals surface area contributed by atoms with Gasteiger partial charge in [0.05, 0.1) is 28.9 Å². The standard InChI is InChI=1S/C11H8Br2N2O3/c12-6-3-8(18-9(6)13)10-14-7-1-2-17-4-5(7)11(16)15-10/h3H,1-2,4H2,(H,14,15,16). The van der Waals surface area contributed by atoms with Gasteiger partial charge < -0.3 is 14.1 Å². The Morgan fingerprint density at radius 2 is 2.22 bits per heavy atom. The normalized spacial score (nSPS) is 14.6. The zero-order valence-corrected chi connectivity index (χ0v) is 12.3. The molecule has 0 spiro atoms. The van der Waals surface area contributed by atoms with Crippen LogP contribution in [0.25, 0.3) is 11.6 Å². The van der Waals surface area contributed by atoms with Gasteiger partial charge in [0.2, 0.25) is 0 Å². The van der Waals surface area contributed by atoms with Crippen LogP contribution in [0.2, 0.25) is 0 Å². The average Bonchev–Trinajstić information content (AvgIpc) is 2.70. The molecule has 0 saturated heterocycles. The molecule has 5 nitrogen and oxygen atoms in total. The zero-order valence-electron chi connectivity index (χ0n) is 9.13. The molecule has 1 aliphatic rings. The summed E-state index contributed by atoms with van der Waals surface area (Å²) in [5, 5.41) is 0. The topological polar surface area (TPSA) is 68.1 Å². The largest absolute Gasteiger partial charge is 0.445 e. The Hall–Kier alpha value is -0.920. The van der Waals surface area contributed by atoms with Gasteiger partial charge in [-0.05, 0) is 31.9 Å². The van der Waals surface area contributed by atoms with Gasteiger partial charge in [-0.25, -0.2) is 4.98 Å². The fourth-order valence-electron chi connectivity index (χ4n) is 1.82. The van der Waals surface area contributed by atoms with E-state index in [2.05, 4.69) is 41.8 Å². The molecule has 0 amide bonds. The number of furan rings is 1. The zero-order chi connectivity index (χ0) is 12.7. The molecule has 2 aromatic heterocycles. The van der Waals surface area contributed by atoms with Crippen LogP contribution in [0.4, 0.5) is 0 Å². The van der Waals surface area contributed by atoms with Gasteiger partial charge in [-0.3, -0.25) is 4.79 Å². The molecule has 0 atom stereocenters. The van der Waals surface area contributed by atoms with Crippen molar-refractivity contribution < 1.29 is 9.15 Å². The number of aromatic amines is 1. The SMILES string of the molecule is O=c1[nH]c(-c2cc(Br)c(Br)o2)nc2c1COCC2. The van der Waals surface area contributed by atoms with Gasteiger partial charge >= 0.3 is 0 Å². The third-order valence-corrected chi connectivity index (χ3v) is 4.42. The molecule has 0 saturated carbocycles. The van der Waals surface area contributed by atoms with E-state index in [9.17, 15) is 4.79 Å². The molecule has 0 aliphatic carbocycles. The Morgan fingerprint density at radius 3 is 2.94 bits per heavy atom. The van der Waals surface area contributed by atoms with E-state index in [0.717, 1.165) is 10.2 Å². The minimum atomic E-state index is -0.168. The van der Waals surface area contributed by atoms with Crippen molar-refractivity contribution in [3.05, 3.63) is 36.8 Å². The van der Waals surface area contributed by atoms with Crippen molar-refractivity contribution in [2.45, 2.75) is 13.0 Å². The molecule has 3 rings (SSSR count). The summed E-state index contributed by atoms with van der Waals surface area (Å²) in [6.45, 7) is 0.915. The minimum absolute atomic E-state index is 0.168. The Balaban J connectivity index is 2.13. The summed E-state index contributed by atoms with van der Waals surface area (Å²) in [7, 11) is 0. The number of ether oxygens (including phenoxy) is 1. The fraction of sp³-hybridized carbons (Fsp3) is 0.273. The highest BCUT2D eigenvalue weighted by atomic mass is 79.9. The first-order valence-corrected chi connectivity index (χ1v) is 6.89. The van der Waals surface area contributed by atoms with E-state index in [1.807, 2.05) is 0 Å². The second kappa shape index (κ2) is 4.64. The van der Waals surface area contributed by atoms with Crippen molar-refractivity contribution in [2.24, 2.45) is 0 Å². The summed E-state index contributed by atoms with van der Waals surface area (Å²) >= 11 is 6.58. The number of nitrogens with one attached hydrogen (secondary N) is 1. The molecule has 0 unspecified atom stereocenters. The molecule has 0 aromatic carbocycles. The maximum absolute atomic E-state index is 11.9. The molecule has 2 aromatic rings. The van der Waals surface area contributed by atoms with E-state index in [-0.39, 0.29) is 5.56 Å².